The Kier molecular flexibility index (Phi) is 11.0. The minimum absolute atomic E-state index is 0.108. The average Bonchev–Trinajstić information content (AvgIpc) is 3.18. The van der Waals surface area contributed by atoms with Gasteiger partial charge in [0.1, 0.15) is 6.04 Å². The molecule has 1 unspecified atom stereocenters. The van der Waals surface area contributed by atoms with E-state index in [1.54, 1.807) is 23.1 Å². The Balaban J connectivity index is 1.65. The van der Waals surface area contributed by atoms with Crippen LogP contribution in [0.25, 0.3) is 0 Å². The molecule has 0 radical (unpaired) electrons. The van der Waals surface area contributed by atoms with E-state index in [2.05, 4.69) is 24.5 Å². The summed E-state index contributed by atoms with van der Waals surface area (Å²) in [4.78, 5) is 45.2. The number of aliphatic imine (C=N–C) groups is 1. The van der Waals surface area contributed by atoms with Crippen LogP contribution in [0.2, 0.25) is 5.02 Å². The molecule has 0 fully saturated rings. The number of halogens is 1. The summed E-state index contributed by atoms with van der Waals surface area (Å²) < 4.78 is 4.70. The van der Waals surface area contributed by atoms with E-state index >= 15 is 0 Å². The van der Waals surface area contributed by atoms with Gasteiger partial charge in [0.05, 0.1) is 7.11 Å². The number of hydrogen-bond donors (Lipinski definition) is 3. The molecule has 0 bridgehead atoms. The molecule has 0 aliphatic carbocycles. The number of methoxy groups -OCH3 is 1. The van der Waals surface area contributed by atoms with Crippen LogP contribution >= 0.6 is 11.6 Å². The topological polar surface area (TPSA) is 126 Å². The van der Waals surface area contributed by atoms with Crippen LogP contribution in [0.4, 0.5) is 4.79 Å². The maximum absolute atomic E-state index is 13.9. The molecule has 3 rings (SSSR count). The highest BCUT2D eigenvalue weighted by molar-refractivity contribution is 6.31. The van der Waals surface area contributed by atoms with E-state index in [4.69, 9.17) is 27.1 Å². The zero-order chi connectivity index (χ0) is 29.3. The van der Waals surface area contributed by atoms with Crippen molar-refractivity contribution in [2.75, 3.05) is 13.7 Å². The molecule has 3 atom stereocenters. The zero-order valence-corrected chi connectivity index (χ0v) is 24.4. The molecule has 1 aliphatic rings. The van der Waals surface area contributed by atoms with E-state index in [9.17, 15) is 14.4 Å². The standard InChI is InChI=1S/C30H40ClN5O4/c1-5-23(36-27(38)30(19-20(2)3,35-28(36)32)22-13-7-6-8-14-22)15-11-17-33-26(37)25(34-29(39)40-4)18-21-12-9-10-16-24(21)31/h6-10,12-14,16,20,23,25H,5,11,15,17-19H2,1-4H3,(H2,32,35)(H,33,37)(H,34,39)/t23?,25-,30+/m0/s1. The van der Waals surface area contributed by atoms with Crippen molar-refractivity contribution in [3.05, 3.63) is 70.7 Å². The van der Waals surface area contributed by atoms with Crippen molar-refractivity contribution in [1.29, 1.82) is 0 Å². The number of carbonyl (C=O) groups excluding carboxylic acids is 3. The van der Waals surface area contributed by atoms with Crippen molar-refractivity contribution in [1.82, 2.24) is 15.5 Å². The van der Waals surface area contributed by atoms with Gasteiger partial charge in [0.15, 0.2) is 11.5 Å². The third-order valence-corrected chi connectivity index (χ3v) is 7.47. The number of nitrogens with one attached hydrogen (secondary N) is 2. The first-order valence-electron chi connectivity index (χ1n) is 13.7. The molecule has 40 heavy (non-hydrogen) atoms. The smallest absolute Gasteiger partial charge is 0.407 e. The van der Waals surface area contributed by atoms with Gasteiger partial charge in [-0.25, -0.2) is 9.79 Å². The summed E-state index contributed by atoms with van der Waals surface area (Å²) in [5.41, 5.74) is 6.93. The highest BCUT2D eigenvalue weighted by Gasteiger charge is 2.50. The van der Waals surface area contributed by atoms with Crippen molar-refractivity contribution >= 4 is 35.5 Å². The van der Waals surface area contributed by atoms with Crippen LogP contribution in [-0.2, 0) is 26.3 Å². The lowest BCUT2D eigenvalue weighted by molar-refractivity contribution is -0.134. The highest BCUT2D eigenvalue weighted by atomic mass is 35.5. The molecule has 0 aromatic heterocycles. The van der Waals surface area contributed by atoms with E-state index in [1.165, 1.54) is 7.11 Å². The second-order valence-electron chi connectivity index (χ2n) is 10.4. The van der Waals surface area contributed by atoms with Gasteiger partial charge in [-0.2, -0.15) is 0 Å². The summed E-state index contributed by atoms with van der Waals surface area (Å²) in [6, 6.07) is 15.7. The van der Waals surface area contributed by atoms with Gasteiger partial charge in [0.2, 0.25) is 5.91 Å². The van der Waals surface area contributed by atoms with Crippen LogP contribution in [0.5, 0.6) is 0 Å². The molecule has 216 valence electrons. The summed E-state index contributed by atoms with van der Waals surface area (Å²) in [6.45, 7) is 6.50. The molecular formula is C30H40ClN5O4. The minimum atomic E-state index is -1.04. The van der Waals surface area contributed by atoms with E-state index < -0.39 is 17.7 Å². The first-order valence-corrected chi connectivity index (χ1v) is 14.1. The molecule has 2 aromatic carbocycles. The summed E-state index contributed by atoms with van der Waals surface area (Å²) in [5, 5.41) is 5.99. The van der Waals surface area contributed by atoms with Crippen LogP contribution in [0.1, 0.15) is 57.6 Å². The first-order chi connectivity index (χ1) is 19.1. The lowest BCUT2D eigenvalue weighted by atomic mass is 9.82. The Morgan fingerprint density at radius 3 is 2.42 bits per heavy atom. The van der Waals surface area contributed by atoms with Crippen molar-refractivity contribution < 1.29 is 19.1 Å². The highest BCUT2D eigenvalue weighted by Crippen LogP contribution is 2.40. The Labute approximate surface area is 241 Å². The third-order valence-electron chi connectivity index (χ3n) is 7.11. The molecule has 0 spiro atoms. The van der Waals surface area contributed by atoms with Crippen molar-refractivity contribution in [3.8, 4) is 0 Å². The quantitative estimate of drug-likeness (QED) is 0.309. The van der Waals surface area contributed by atoms with Gasteiger partial charge in [-0.1, -0.05) is 80.9 Å². The molecule has 9 nitrogen and oxygen atoms in total. The largest absolute Gasteiger partial charge is 0.453 e. The van der Waals surface area contributed by atoms with E-state index in [-0.39, 0.29) is 36.2 Å². The fraction of sp³-hybridized carbons (Fsp3) is 0.467. The number of amides is 3. The molecule has 4 N–H and O–H groups in total. The molecular weight excluding hydrogens is 530 g/mol. The van der Waals surface area contributed by atoms with Crippen molar-refractivity contribution in [2.24, 2.45) is 16.6 Å². The van der Waals surface area contributed by atoms with Gasteiger partial charge in [-0.05, 0) is 48.8 Å². The van der Waals surface area contributed by atoms with E-state index in [0.29, 0.717) is 37.3 Å². The number of nitrogens with two attached hydrogens (primary N) is 1. The predicted octanol–water partition coefficient (Wildman–Crippen LogP) is 4.38. The molecule has 10 heteroatoms. The van der Waals surface area contributed by atoms with E-state index in [1.807, 2.05) is 43.3 Å². The Hall–Kier alpha value is -3.59. The summed E-state index contributed by atoms with van der Waals surface area (Å²) in [7, 11) is 1.24. The second-order valence-corrected chi connectivity index (χ2v) is 10.9. The third kappa shape index (κ3) is 7.33. The van der Waals surface area contributed by atoms with Gasteiger partial charge in [0, 0.05) is 24.0 Å². The molecule has 2 aromatic rings. The van der Waals surface area contributed by atoms with Crippen molar-refractivity contribution in [3.63, 3.8) is 0 Å². The minimum Gasteiger partial charge on any atom is -0.453 e. The number of rotatable bonds is 13. The average molecular weight is 570 g/mol. The summed E-state index contributed by atoms with van der Waals surface area (Å²) in [5.74, 6) is 0.000293. The van der Waals surface area contributed by atoms with Gasteiger partial charge in [-0.3, -0.25) is 14.5 Å². The Morgan fingerprint density at radius 1 is 1.12 bits per heavy atom. The molecule has 3 amide bonds. The van der Waals surface area contributed by atoms with Gasteiger partial charge in [0.25, 0.3) is 5.91 Å². The lowest BCUT2D eigenvalue weighted by Gasteiger charge is -2.32. The normalized spacial score (nSPS) is 18.3. The Bertz CT molecular complexity index is 1210. The predicted molar refractivity (Wildman–Crippen MR) is 157 cm³/mol. The maximum Gasteiger partial charge on any atom is 0.407 e. The fourth-order valence-corrected chi connectivity index (χ4v) is 5.39. The molecule has 0 saturated heterocycles. The second kappa shape index (κ2) is 14.2. The number of hydrogen-bond acceptors (Lipinski definition) is 6. The molecule has 1 heterocycles. The molecule has 1 aliphatic heterocycles. The lowest BCUT2D eigenvalue weighted by Crippen LogP contribution is -2.49. The van der Waals surface area contributed by atoms with Gasteiger partial charge < -0.3 is 21.1 Å². The number of benzene rings is 2. The number of ether oxygens (including phenoxy) is 1. The van der Waals surface area contributed by atoms with Crippen molar-refractivity contribution in [2.45, 2.75) is 70.5 Å². The zero-order valence-electron chi connectivity index (χ0n) is 23.7. The maximum atomic E-state index is 13.9. The summed E-state index contributed by atoms with van der Waals surface area (Å²) >= 11 is 6.27. The van der Waals surface area contributed by atoms with Crippen LogP contribution in [-0.4, -0.2) is 54.5 Å². The number of carbonyl (C=O) groups is 3. The van der Waals surface area contributed by atoms with Crippen LogP contribution in [0.15, 0.2) is 59.6 Å². The number of guanidine groups is 1. The monoisotopic (exact) mass is 569 g/mol. The SMILES string of the molecule is CCC(CCCNC(=O)[C@H](Cc1ccccc1Cl)NC(=O)OC)N1C(=O)[C@@](CC(C)C)(c2ccccc2)N=C1N. The van der Waals surface area contributed by atoms with Gasteiger partial charge >= 0.3 is 6.09 Å². The number of nitrogens with zero attached hydrogens (tertiary/aromatic N) is 2. The first kappa shape index (κ1) is 30.9. The van der Waals surface area contributed by atoms with E-state index in [0.717, 1.165) is 11.1 Å². The Morgan fingerprint density at radius 2 is 1.80 bits per heavy atom. The molecule has 0 saturated carbocycles. The number of alkyl carbamates (subject to hydrolysis) is 1. The van der Waals surface area contributed by atoms with Crippen LogP contribution < -0.4 is 16.4 Å². The fourth-order valence-electron chi connectivity index (χ4n) is 5.18. The van der Waals surface area contributed by atoms with Gasteiger partial charge in [-0.15, -0.1) is 0 Å². The van der Waals surface area contributed by atoms with Crippen LogP contribution in [0, 0.1) is 5.92 Å². The van der Waals surface area contributed by atoms with Crippen LogP contribution in [0.3, 0.4) is 0 Å². The summed E-state index contributed by atoms with van der Waals surface area (Å²) in [6.07, 6.45) is 1.96.